The highest BCUT2D eigenvalue weighted by molar-refractivity contribution is 6.00. The zero-order valence-corrected chi connectivity index (χ0v) is 57.1. The van der Waals surface area contributed by atoms with E-state index in [-0.39, 0.29) is 62.2 Å². The van der Waals surface area contributed by atoms with Gasteiger partial charge >= 0.3 is 0 Å². The summed E-state index contributed by atoms with van der Waals surface area (Å²) in [5, 5.41) is 33.9. The Balaban J connectivity index is 4.41. The Morgan fingerprint density at radius 2 is 0.805 bits per heavy atom. The SMILES string of the molecule is C/C=C/CC(C)C(O)[C@@H]1C(=O)N[C@@H](CC)C(=O)N(C)[C@@H](CO)C(=O)N(C)[C@@H](CC(C)C)C(=O)N[C@@H](C(C)C)C(=O)N(C)[C@@H](CC(C)C)C(=O)N[C@H](C)C(=O)N[C@@H](C)C(=O)N(C)[C@@H](CC(C)C)C(=O)N(C)[C@@H](CC(C)C)C(=O)N(C)[C@@H](C(C)C)C(=O)N1C. The first-order chi connectivity index (χ1) is 40.2. The van der Waals surface area contributed by atoms with Crippen molar-refractivity contribution in [3.63, 3.8) is 0 Å². The molecule has 0 aromatic rings. The first kappa shape index (κ1) is 78.8. The van der Waals surface area contributed by atoms with Gasteiger partial charge in [-0.1, -0.05) is 109 Å². The van der Waals surface area contributed by atoms with Gasteiger partial charge < -0.3 is 65.8 Å². The Morgan fingerprint density at radius 3 is 1.23 bits per heavy atom. The average Bonchev–Trinajstić information content (AvgIpc) is 1.23. The molecule has 1 aliphatic rings. The number of hydrogen-bond acceptors (Lipinski definition) is 13. The van der Waals surface area contributed by atoms with E-state index >= 15 is 9.59 Å². The van der Waals surface area contributed by atoms with Crippen molar-refractivity contribution >= 4 is 65.0 Å². The molecule has 1 heterocycles. The summed E-state index contributed by atoms with van der Waals surface area (Å²) in [7, 11) is 9.64. The van der Waals surface area contributed by atoms with Crippen molar-refractivity contribution in [2.24, 2.45) is 41.4 Å². The average molecular weight is 1230 g/mol. The number of aliphatic hydroxyl groups is 2. The van der Waals surface area contributed by atoms with Crippen molar-refractivity contribution < 1.29 is 63.0 Å². The van der Waals surface area contributed by atoms with Gasteiger partial charge in [-0.3, -0.25) is 52.7 Å². The summed E-state index contributed by atoms with van der Waals surface area (Å²) in [6.07, 6.45) is 2.71. The summed E-state index contributed by atoms with van der Waals surface area (Å²) < 4.78 is 0. The molecule has 1 rings (SSSR count). The molecule has 1 fully saturated rings. The highest BCUT2D eigenvalue weighted by atomic mass is 16.3. The standard InChI is InChI=1S/C63H113N11O13/c1-25-27-28-40(15)52(76)51-56(80)66-43(26-2)58(82)72(22)48(33-75)61(85)68(18)45(30-35(5)6)55(79)67-49(38(11)12)62(86)69(19)44(29-34(3)4)54(78)64-41(16)53(77)65-42(17)57(81)70(20)46(31-36(7)8)59(83)71(21)47(32-37(9)10)60(84)73(23)50(39(13)14)63(87)74(51)24/h25,27,34-52,75-76H,26,28-33H2,1-24H3,(H,64,78)(H,65,77)(H,66,80)(H,67,79)/b27-25+/t40?,41-,42+,43+,44+,45+,46+,47+,48+,49+,50+,51-,52?/m1/s1. The Morgan fingerprint density at radius 1 is 0.425 bits per heavy atom. The third-order valence-corrected chi connectivity index (χ3v) is 16.6. The molecule has 0 spiro atoms. The van der Waals surface area contributed by atoms with Crippen LogP contribution in [0.5, 0.6) is 0 Å². The molecule has 13 atom stereocenters. The summed E-state index contributed by atoms with van der Waals surface area (Å²) in [6, 6.07) is -14.4. The first-order valence-corrected chi connectivity index (χ1v) is 31.2. The Bertz CT molecular complexity index is 2380. The molecular weight excluding hydrogens is 1120 g/mol. The van der Waals surface area contributed by atoms with Gasteiger partial charge in [-0.15, -0.1) is 0 Å². The quantitative estimate of drug-likeness (QED) is 0.121. The lowest BCUT2D eigenvalue weighted by molar-refractivity contribution is -0.157. The van der Waals surface area contributed by atoms with Crippen molar-refractivity contribution in [1.82, 2.24) is 55.6 Å². The summed E-state index contributed by atoms with van der Waals surface area (Å²) in [6.45, 7) is 28.6. The van der Waals surface area contributed by atoms with Crippen molar-refractivity contribution in [3.8, 4) is 0 Å². The second-order valence-electron chi connectivity index (χ2n) is 26.5. The number of aliphatic hydroxyl groups excluding tert-OH is 2. The number of likely N-dealkylation sites (N-methyl/N-ethyl adjacent to an activating group) is 7. The van der Waals surface area contributed by atoms with E-state index < -0.39 is 162 Å². The van der Waals surface area contributed by atoms with Gasteiger partial charge in [0.2, 0.25) is 65.0 Å². The number of hydrogen-bond donors (Lipinski definition) is 6. The van der Waals surface area contributed by atoms with Crippen molar-refractivity contribution in [3.05, 3.63) is 12.2 Å². The predicted molar refractivity (Wildman–Crippen MR) is 334 cm³/mol. The topological polar surface area (TPSA) is 299 Å². The first-order valence-electron chi connectivity index (χ1n) is 31.2. The van der Waals surface area contributed by atoms with Crippen LogP contribution in [0, 0.1) is 41.4 Å². The molecule has 0 aliphatic carbocycles. The van der Waals surface area contributed by atoms with Crippen LogP contribution in [0.2, 0.25) is 0 Å². The molecule has 1 aliphatic heterocycles. The molecule has 0 bridgehead atoms. The number of allylic oxidation sites excluding steroid dienone is 2. The normalized spacial score (nSPS) is 27.4. The minimum Gasteiger partial charge on any atom is -0.394 e. The molecule has 24 heteroatoms. The number of carbonyl (C=O) groups excluding carboxylic acids is 11. The van der Waals surface area contributed by atoms with Crippen LogP contribution in [-0.2, 0) is 52.7 Å². The lowest BCUT2D eigenvalue weighted by atomic mass is 9.91. The van der Waals surface area contributed by atoms with E-state index in [1.165, 1.54) is 82.8 Å². The molecule has 0 radical (unpaired) electrons. The highest BCUT2D eigenvalue weighted by Gasteiger charge is 2.46. The number of carbonyl (C=O) groups is 11. The summed E-state index contributed by atoms with van der Waals surface area (Å²) in [5.74, 6) is -10.6. The molecule has 11 amide bonds. The summed E-state index contributed by atoms with van der Waals surface area (Å²) >= 11 is 0. The third kappa shape index (κ3) is 21.5. The molecule has 0 saturated carbocycles. The molecule has 2 unspecified atom stereocenters. The lowest BCUT2D eigenvalue weighted by Crippen LogP contribution is -2.64. The maximum atomic E-state index is 15.2. The van der Waals surface area contributed by atoms with Gasteiger partial charge in [0, 0.05) is 49.3 Å². The Kier molecular flexibility index (Phi) is 32.4. The van der Waals surface area contributed by atoms with Gasteiger partial charge in [-0.05, 0) is 101 Å². The van der Waals surface area contributed by atoms with E-state index in [2.05, 4.69) is 21.3 Å². The van der Waals surface area contributed by atoms with E-state index in [1.54, 1.807) is 60.6 Å². The second-order valence-corrected chi connectivity index (χ2v) is 26.5. The fourth-order valence-electron chi connectivity index (χ4n) is 11.0. The third-order valence-electron chi connectivity index (χ3n) is 16.6. The molecule has 87 heavy (non-hydrogen) atoms. The number of nitrogens with zero attached hydrogens (tertiary/aromatic N) is 7. The Labute approximate surface area is 520 Å². The van der Waals surface area contributed by atoms with E-state index in [9.17, 15) is 53.4 Å². The number of amides is 11. The van der Waals surface area contributed by atoms with Gasteiger partial charge in [0.15, 0.2) is 0 Å². The monoisotopic (exact) mass is 1230 g/mol. The highest BCUT2D eigenvalue weighted by Crippen LogP contribution is 2.26. The van der Waals surface area contributed by atoms with Crippen LogP contribution in [-0.4, -0.2) is 238 Å². The molecule has 0 aromatic heterocycles. The van der Waals surface area contributed by atoms with Crippen molar-refractivity contribution in [2.45, 2.75) is 229 Å². The van der Waals surface area contributed by atoms with Crippen LogP contribution in [0.1, 0.15) is 156 Å². The molecule has 0 aromatic carbocycles. The molecule has 1 saturated heterocycles. The van der Waals surface area contributed by atoms with Gasteiger partial charge in [-0.25, -0.2) is 0 Å². The minimum atomic E-state index is -1.67. The van der Waals surface area contributed by atoms with Crippen LogP contribution in [0.4, 0.5) is 0 Å². The van der Waals surface area contributed by atoms with Gasteiger partial charge in [0.1, 0.15) is 66.5 Å². The van der Waals surface area contributed by atoms with E-state index in [1.807, 2.05) is 55.4 Å². The lowest BCUT2D eigenvalue weighted by Gasteiger charge is -2.41. The zero-order valence-electron chi connectivity index (χ0n) is 57.1. The van der Waals surface area contributed by atoms with Crippen LogP contribution in [0.15, 0.2) is 12.2 Å². The fraction of sp³-hybridized carbons (Fsp3) is 0.794. The van der Waals surface area contributed by atoms with Crippen LogP contribution in [0.25, 0.3) is 0 Å². The van der Waals surface area contributed by atoms with E-state index in [4.69, 9.17) is 0 Å². The molecule has 24 nitrogen and oxygen atoms in total. The fourth-order valence-corrected chi connectivity index (χ4v) is 11.0. The summed E-state index contributed by atoms with van der Waals surface area (Å²) in [5.41, 5.74) is 0. The maximum Gasteiger partial charge on any atom is 0.248 e. The van der Waals surface area contributed by atoms with Crippen LogP contribution >= 0.6 is 0 Å². The predicted octanol–water partition coefficient (Wildman–Crippen LogP) is 2.63. The van der Waals surface area contributed by atoms with Gasteiger partial charge in [0.25, 0.3) is 0 Å². The van der Waals surface area contributed by atoms with Crippen molar-refractivity contribution in [1.29, 1.82) is 0 Å². The van der Waals surface area contributed by atoms with Gasteiger partial charge in [-0.2, -0.15) is 0 Å². The summed E-state index contributed by atoms with van der Waals surface area (Å²) in [4.78, 5) is 169. The van der Waals surface area contributed by atoms with Gasteiger partial charge in [0.05, 0.1) is 12.7 Å². The van der Waals surface area contributed by atoms with Crippen LogP contribution in [0.3, 0.4) is 0 Å². The van der Waals surface area contributed by atoms with Crippen molar-refractivity contribution in [2.75, 3.05) is 55.9 Å². The zero-order chi connectivity index (χ0) is 67.6. The van der Waals surface area contributed by atoms with E-state index in [0.717, 1.165) is 14.7 Å². The number of rotatable bonds is 16. The smallest absolute Gasteiger partial charge is 0.248 e. The maximum absolute atomic E-state index is 15.2. The molecular formula is C63H113N11O13. The number of nitrogens with one attached hydrogen (secondary N) is 4. The minimum absolute atomic E-state index is 0.0623. The molecule has 498 valence electrons. The largest absolute Gasteiger partial charge is 0.394 e. The Hall–Kier alpha value is -6.17. The molecule has 6 N–H and O–H groups in total. The second kappa shape index (κ2) is 35.7. The van der Waals surface area contributed by atoms with Crippen LogP contribution < -0.4 is 21.3 Å². The van der Waals surface area contributed by atoms with E-state index in [0.29, 0.717) is 0 Å².